The van der Waals surface area contributed by atoms with Gasteiger partial charge >= 0.3 is 5.97 Å². The number of hydrogen-bond donors (Lipinski definition) is 1. The number of carbonyl (C=O) groups excluding carboxylic acids is 1. The molecule has 0 aromatic carbocycles. The molecule has 1 N–H and O–H groups in total. The number of ketones is 1. The quantitative estimate of drug-likeness (QED) is 0.431. The smallest absolute Gasteiger partial charge is 0.355 e. The molecule has 5 nitrogen and oxygen atoms in total. The molecule has 1 atom stereocenters. The molecule has 0 bridgehead atoms. The summed E-state index contributed by atoms with van der Waals surface area (Å²) < 4.78 is 8.21. The van der Waals surface area contributed by atoms with E-state index in [-0.39, 0.29) is 35.5 Å². The Bertz CT molecular complexity index is 787. The van der Waals surface area contributed by atoms with Crippen LogP contribution in [-0.2, 0) is 15.6 Å². The van der Waals surface area contributed by atoms with Gasteiger partial charge in [-0.25, -0.2) is 9.78 Å². The van der Waals surface area contributed by atoms with E-state index in [1.807, 2.05) is 13.0 Å². The standard InChI is InChI=1S/C20H34BrNO4SSi2/c1-13(21)10-15(26-29(8,9)20(2,3)4)11-14(23)12-16-22-17(18(24)25)19(27-16)28(5,6)7/h10,15H,11-12H2,1-9H3,(H,24,25)/b13-10+/t15-/m1/s1. The third kappa shape index (κ3) is 7.86. The van der Waals surface area contributed by atoms with Crippen LogP contribution in [0.4, 0.5) is 0 Å². The molecule has 29 heavy (non-hydrogen) atoms. The van der Waals surface area contributed by atoms with Gasteiger partial charge in [0.15, 0.2) is 14.0 Å². The van der Waals surface area contributed by atoms with E-state index in [2.05, 4.69) is 74.4 Å². The number of Topliss-reactive ketones (excluding diaryl/α,β-unsaturated/α-hetero) is 1. The van der Waals surface area contributed by atoms with Crippen LogP contribution in [0.5, 0.6) is 0 Å². The predicted octanol–water partition coefficient (Wildman–Crippen LogP) is 5.58. The van der Waals surface area contributed by atoms with Crippen LogP contribution >= 0.6 is 27.3 Å². The number of aromatic carboxylic acids is 1. The number of hydrogen-bond acceptors (Lipinski definition) is 5. The van der Waals surface area contributed by atoms with Crippen LogP contribution in [0.1, 0.15) is 49.6 Å². The number of carboxylic acid groups (broad SMARTS) is 1. The van der Waals surface area contributed by atoms with Gasteiger partial charge in [-0.2, -0.15) is 0 Å². The summed E-state index contributed by atoms with van der Waals surface area (Å²) in [5.74, 6) is -1.01. The van der Waals surface area contributed by atoms with Crippen LogP contribution in [0.15, 0.2) is 10.6 Å². The van der Waals surface area contributed by atoms with Crippen molar-refractivity contribution in [1.82, 2.24) is 4.98 Å². The zero-order valence-electron chi connectivity index (χ0n) is 19.0. The molecule has 0 fully saturated rings. The molecule has 1 heterocycles. The number of halogens is 1. The highest BCUT2D eigenvalue weighted by Crippen LogP contribution is 2.38. The fourth-order valence-electron chi connectivity index (χ4n) is 2.50. The Kier molecular flexibility index (Phi) is 8.82. The second-order valence-electron chi connectivity index (χ2n) is 9.93. The molecule has 0 spiro atoms. The van der Waals surface area contributed by atoms with E-state index < -0.39 is 22.4 Å². The lowest BCUT2D eigenvalue weighted by Gasteiger charge is -2.38. The average Bonchev–Trinajstić information content (AvgIpc) is 2.88. The minimum Gasteiger partial charge on any atom is -0.476 e. The van der Waals surface area contributed by atoms with Gasteiger partial charge < -0.3 is 9.53 Å². The molecule has 1 aromatic rings. The van der Waals surface area contributed by atoms with Crippen molar-refractivity contribution in [2.45, 2.75) is 84.4 Å². The molecule has 9 heteroatoms. The lowest BCUT2D eigenvalue weighted by Crippen LogP contribution is -2.44. The number of carbonyl (C=O) groups is 2. The molecule has 0 aliphatic carbocycles. The Morgan fingerprint density at radius 1 is 1.24 bits per heavy atom. The maximum Gasteiger partial charge on any atom is 0.355 e. The fraction of sp³-hybridized carbons (Fsp3) is 0.650. The number of carboxylic acids is 1. The van der Waals surface area contributed by atoms with Gasteiger partial charge in [-0.15, -0.1) is 11.3 Å². The molecular formula is C20H34BrNO4SSi2. The van der Waals surface area contributed by atoms with Crippen LogP contribution in [-0.4, -0.2) is 44.3 Å². The molecular weight excluding hydrogens is 486 g/mol. The molecule has 164 valence electrons. The van der Waals surface area contributed by atoms with Crippen LogP contribution < -0.4 is 4.50 Å². The zero-order chi connectivity index (χ0) is 22.8. The van der Waals surface area contributed by atoms with Crippen LogP contribution in [0.25, 0.3) is 0 Å². The van der Waals surface area contributed by atoms with E-state index in [4.69, 9.17) is 4.43 Å². The van der Waals surface area contributed by atoms with Gasteiger partial charge in [0, 0.05) is 10.9 Å². The molecule has 1 rings (SSSR count). The number of aromatic nitrogens is 1. The highest BCUT2D eigenvalue weighted by atomic mass is 79.9. The van der Waals surface area contributed by atoms with Crippen LogP contribution in [0.2, 0.25) is 37.8 Å². The monoisotopic (exact) mass is 519 g/mol. The Morgan fingerprint density at radius 3 is 2.17 bits per heavy atom. The third-order valence-electron chi connectivity index (χ3n) is 5.00. The van der Waals surface area contributed by atoms with E-state index in [9.17, 15) is 14.7 Å². The Labute approximate surface area is 189 Å². The van der Waals surface area contributed by atoms with Crippen LogP contribution in [0.3, 0.4) is 0 Å². The molecule has 0 saturated heterocycles. The lowest BCUT2D eigenvalue weighted by molar-refractivity contribution is -0.119. The van der Waals surface area contributed by atoms with Crippen molar-refractivity contribution in [1.29, 1.82) is 0 Å². The Hall–Kier alpha value is -0.616. The van der Waals surface area contributed by atoms with Gasteiger partial charge in [-0.1, -0.05) is 56.3 Å². The summed E-state index contributed by atoms with van der Waals surface area (Å²) in [6.45, 7) is 19.0. The second-order valence-corrected chi connectivity index (χ2v) is 22.4. The summed E-state index contributed by atoms with van der Waals surface area (Å²) in [5.41, 5.74) is 0.113. The van der Waals surface area contributed by atoms with Gasteiger partial charge in [0.2, 0.25) is 0 Å². The van der Waals surface area contributed by atoms with E-state index in [1.54, 1.807) is 0 Å². The second kappa shape index (κ2) is 9.68. The highest BCUT2D eigenvalue weighted by molar-refractivity contribution is 9.11. The number of nitrogens with zero attached hydrogens (tertiary/aromatic N) is 1. The van der Waals surface area contributed by atoms with Gasteiger partial charge in [0.25, 0.3) is 0 Å². The molecule has 0 aliphatic rings. The van der Waals surface area contributed by atoms with Gasteiger partial charge in [-0.3, -0.25) is 4.79 Å². The molecule has 1 aromatic heterocycles. The van der Waals surface area contributed by atoms with E-state index in [0.29, 0.717) is 5.01 Å². The van der Waals surface area contributed by atoms with E-state index >= 15 is 0 Å². The number of allylic oxidation sites excluding steroid dienone is 1. The van der Waals surface area contributed by atoms with E-state index in [1.165, 1.54) is 11.3 Å². The first-order chi connectivity index (χ1) is 12.9. The topological polar surface area (TPSA) is 76.5 Å². The molecule has 0 amide bonds. The molecule has 0 aliphatic heterocycles. The van der Waals surface area contributed by atoms with Crippen molar-refractivity contribution in [2.75, 3.05) is 0 Å². The molecule has 0 unspecified atom stereocenters. The summed E-state index contributed by atoms with van der Waals surface area (Å²) >= 11 is 4.83. The predicted molar refractivity (Wildman–Crippen MR) is 130 cm³/mol. The Morgan fingerprint density at radius 2 is 1.79 bits per heavy atom. The van der Waals surface area contributed by atoms with Crippen molar-refractivity contribution < 1.29 is 19.1 Å². The van der Waals surface area contributed by atoms with Gasteiger partial charge in [0.05, 0.1) is 20.6 Å². The van der Waals surface area contributed by atoms with Crippen molar-refractivity contribution in [2.24, 2.45) is 0 Å². The summed E-state index contributed by atoms with van der Waals surface area (Å²) in [7, 11) is -3.89. The maximum absolute atomic E-state index is 12.8. The maximum atomic E-state index is 12.8. The summed E-state index contributed by atoms with van der Waals surface area (Å²) in [6.07, 6.45) is 2.02. The summed E-state index contributed by atoms with van der Waals surface area (Å²) in [6, 6.07) is 0. The van der Waals surface area contributed by atoms with Gasteiger partial charge in [-0.05, 0) is 35.6 Å². The first kappa shape index (κ1) is 26.4. The summed E-state index contributed by atoms with van der Waals surface area (Å²) in [4.78, 5) is 28.6. The van der Waals surface area contributed by atoms with Crippen molar-refractivity contribution in [3.8, 4) is 0 Å². The zero-order valence-corrected chi connectivity index (χ0v) is 23.4. The fourth-order valence-corrected chi connectivity index (χ4v) is 7.35. The third-order valence-corrected chi connectivity index (χ3v) is 14.4. The Balaban J connectivity index is 3.03. The lowest BCUT2D eigenvalue weighted by atomic mass is 10.1. The van der Waals surface area contributed by atoms with Crippen molar-refractivity contribution >= 4 is 59.9 Å². The average molecular weight is 521 g/mol. The number of rotatable bonds is 9. The summed E-state index contributed by atoms with van der Waals surface area (Å²) in [5, 5.41) is 10.1. The van der Waals surface area contributed by atoms with Crippen molar-refractivity contribution in [3.63, 3.8) is 0 Å². The molecule has 0 saturated carbocycles. The van der Waals surface area contributed by atoms with Gasteiger partial charge in [0.1, 0.15) is 10.8 Å². The highest BCUT2D eigenvalue weighted by Gasteiger charge is 2.39. The first-order valence-corrected chi connectivity index (χ1v) is 17.7. The van der Waals surface area contributed by atoms with Crippen LogP contribution in [0, 0.1) is 0 Å². The minimum atomic E-state index is -2.04. The minimum absolute atomic E-state index is 0.00604. The van der Waals surface area contributed by atoms with Crippen molar-refractivity contribution in [3.05, 3.63) is 21.3 Å². The SMILES string of the molecule is C/C(Br)=C\[C@H](CC(=O)Cc1nc(C(=O)O)c([Si](C)(C)C)s1)O[Si](C)(C)C(C)(C)C. The first-order valence-electron chi connectivity index (χ1n) is 9.71. The normalized spacial score (nSPS) is 14.8. The largest absolute Gasteiger partial charge is 0.476 e. The number of thiazole rings is 1. The van der Waals surface area contributed by atoms with E-state index in [0.717, 1.165) is 8.98 Å². The molecule has 0 radical (unpaired) electrons.